The third-order valence-electron chi connectivity index (χ3n) is 0.752. The monoisotopic (exact) mass is 116 g/mol. The van der Waals surface area contributed by atoms with Crippen molar-refractivity contribution in [3.8, 4) is 0 Å². The average molecular weight is 116 g/mol. The first-order valence-corrected chi connectivity index (χ1v) is 3.39. The van der Waals surface area contributed by atoms with Crippen molar-refractivity contribution in [2.45, 2.75) is 0 Å². The van der Waals surface area contributed by atoms with Crippen LogP contribution in [-0.2, 0) is 4.74 Å². The number of hydrogen-bond acceptors (Lipinski definition) is 2. The van der Waals surface area contributed by atoms with E-state index in [4.69, 9.17) is 4.74 Å². The van der Waals surface area contributed by atoms with Crippen LogP contribution in [0.25, 0.3) is 0 Å². The van der Waals surface area contributed by atoms with E-state index < -0.39 is 0 Å². The van der Waals surface area contributed by atoms with Gasteiger partial charge in [-0.25, -0.2) is 0 Å². The molecule has 1 nitrogen and oxygen atoms in total. The van der Waals surface area contributed by atoms with E-state index in [1.807, 2.05) is 17.8 Å². The summed E-state index contributed by atoms with van der Waals surface area (Å²) in [6, 6.07) is 0. The highest BCUT2D eigenvalue weighted by Gasteiger charge is 1.88. The highest BCUT2D eigenvalue weighted by Crippen LogP contribution is 2.04. The predicted molar refractivity (Wildman–Crippen MR) is 32.4 cm³/mol. The van der Waals surface area contributed by atoms with Crippen LogP contribution in [0.4, 0.5) is 0 Å². The standard InChI is InChI=1S/C5H8OS/c1-2-6-3-5-7-4-1/h1,4H,2-3,5H2. The number of thioether (sulfide) groups is 1. The second-order valence-corrected chi connectivity index (χ2v) is 2.33. The molecule has 2 heteroatoms. The molecule has 1 aliphatic rings. The zero-order valence-electron chi connectivity index (χ0n) is 4.09. The van der Waals surface area contributed by atoms with Crippen molar-refractivity contribution in [3.05, 3.63) is 11.5 Å². The molecular weight excluding hydrogens is 108 g/mol. The Morgan fingerprint density at radius 2 is 2.57 bits per heavy atom. The molecule has 0 bridgehead atoms. The first-order chi connectivity index (χ1) is 3.50. The van der Waals surface area contributed by atoms with Crippen LogP contribution in [0, 0.1) is 0 Å². The van der Waals surface area contributed by atoms with Crippen LogP contribution in [0.2, 0.25) is 0 Å². The average Bonchev–Trinajstić information content (AvgIpc) is 1.90. The predicted octanol–water partition coefficient (Wildman–Crippen LogP) is 1.26. The zero-order chi connectivity index (χ0) is 4.95. The summed E-state index contributed by atoms with van der Waals surface area (Å²) in [5, 5.41) is 2.09. The van der Waals surface area contributed by atoms with Gasteiger partial charge in [-0.3, -0.25) is 0 Å². The van der Waals surface area contributed by atoms with Crippen LogP contribution in [-0.4, -0.2) is 19.0 Å². The maximum atomic E-state index is 5.09. The molecule has 0 aromatic heterocycles. The Morgan fingerprint density at radius 1 is 1.57 bits per heavy atom. The lowest BCUT2D eigenvalue weighted by molar-refractivity contribution is 0.181. The van der Waals surface area contributed by atoms with E-state index >= 15 is 0 Å². The Balaban J connectivity index is 2.20. The minimum absolute atomic E-state index is 0.799. The van der Waals surface area contributed by atoms with Gasteiger partial charge in [0.1, 0.15) is 0 Å². The van der Waals surface area contributed by atoms with Gasteiger partial charge in [0.2, 0.25) is 0 Å². The molecule has 0 aliphatic carbocycles. The molecule has 1 heterocycles. The number of ether oxygens (including phenoxy) is 1. The maximum Gasteiger partial charge on any atom is 0.0655 e. The number of hydrogen-bond donors (Lipinski definition) is 0. The molecule has 7 heavy (non-hydrogen) atoms. The summed E-state index contributed by atoms with van der Waals surface area (Å²) < 4.78 is 5.09. The summed E-state index contributed by atoms with van der Waals surface area (Å²) >= 11 is 1.81. The lowest BCUT2D eigenvalue weighted by Gasteiger charge is -1.90. The van der Waals surface area contributed by atoms with Crippen molar-refractivity contribution in [3.63, 3.8) is 0 Å². The van der Waals surface area contributed by atoms with Gasteiger partial charge >= 0.3 is 0 Å². The quantitative estimate of drug-likeness (QED) is 0.471. The Labute approximate surface area is 47.7 Å². The van der Waals surface area contributed by atoms with E-state index in [2.05, 4.69) is 5.41 Å². The Morgan fingerprint density at radius 3 is 3.57 bits per heavy atom. The largest absolute Gasteiger partial charge is 0.377 e. The molecule has 0 aromatic carbocycles. The van der Waals surface area contributed by atoms with E-state index in [1.54, 1.807) is 0 Å². The van der Waals surface area contributed by atoms with Gasteiger partial charge in [-0.05, 0) is 5.41 Å². The topological polar surface area (TPSA) is 9.23 Å². The van der Waals surface area contributed by atoms with Crippen molar-refractivity contribution in [2.75, 3.05) is 19.0 Å². The molecule has 40 valence electrons. The van der Waals surface area contributed by atoms with E-state index in [1.165, 1.54) is 0 Å². The molecule has 0 spiro atoms. The lowest BCUT2D eigenvalue weighted by Crippen LogP contribution is -1.92. The SMILES string of the molecule is C1=CSCCOC1. The fourth-order valence-electron chi connectivity index (χ4n) is 0.434. The van der Waals surface area contributed by atoms with Crippen LogP contribution in [0.1, 0.15) is 0 Å². The first-order valence-electron chi connectivity index (χ1n) is 2.34. The van der Waals surface area contributed by atoms with Crippen molar-refractivity contribution < 1.29 is 4.74 Å². The fraction of sp³-hybridized carbons (Fsp3) is 0.600. The van der Waals surface area contributed by atoms with Crippen LogP contribution in [0.3, 0.4) is 0 Å². The van der Waals surface area contributed by atoms with Crippen molar-refractivity contribution in [1.29, 1.82) is 0 Å². The van der Waals surface area contributed by atoms with Crippen molar-refractivity contribution in [1.82, 2.24) is 0 Å². The molecular formula is C5H8OS. The van der Waals surface area contributed by atoms with Gasteiger partial charge in [-0.1, -0.05) is 6.08 Å². The summed E-state index contributed by atoms with van der Waals surface area (Å²) in [6.07, 6.45) is 2.04. The summed E-state index contributed by atoms with van der Waals surface area (Å²) in [4.78, 5) is 0. The second kappa shape index (κ2) is 3.10. The van der Waals surface area contributed by atoms with Crippen LogP contribution in [0.5, 0.6) is 0 Å². The van der Waals surface area contributed by atoms with Gasteiger partial charge in [0.05, 0.1) is 13.2 Å². The van der Waals surface area contributed by atoms with E-state index in [0.717, 1.165) is 19.0 Å². The van der Waals surface area contributed by atoms with Crippen LogP contribution >= 0.6 is 11.8 Å². The minimum Gasteiger partial charge on any atom is -0.377 e. The van der Waals surface area contributed by atoms with Gasteiger partial charge < -0.3 is 4.74 Å². The van der Waals surface area contributed by atoms with Crippen LogP contribution < -0.4 is 0 Å². The molecule has 0 unspecified atom stereocenters. The molecule has 0 saturated carbocycles. The Bertz CT molecular complexity index is 62.5. The molecule has 0 fully saturated rings. The molecule has 0 amide bonds. The Kier molecular flexibility index (Phi) is 2.30. The molecule has 1 rings (SSSR count). The smallest absolute Gasteiger partial charge is 0.0655 e. The van der Waals surface area contributed by atoms with Gasteiger partial charge in [0.25, 0.3) is 0 Å². The molecule has 0 aromatic rings. The first kappa shape index (κ1) is 5.19. The van der Waals surface area contributed by atoms with Crippen molar-refractivity contribution in [2.24, 2.45) is 0 Å². The Hall–Kier alpha value is 0.0500. The highest BCUT2D eigenvalue weighted by atomic mass is 32.2. The van der Waals surface area contributed by atoms with E-state index in [0.29, 0.717) is 0 Å². The van der Waals surface area contributed by atoms with Crippen LogP contribution in [0.15, 0.2) is 11.5 Å². The normalized spacial score (nSPS) is 21.7. The molecule has 0 N–H and O–H groups in total. The minimum atomic E-state index is 0.799. The third kappa shape index (κ3) is 2.00. The van der Waals surface area contributed by atoms with Gasteiger partial charge in [-0.2, -0.15) is 0 Å². The third-order valence-corrected chi connectivity index (χ3v) is 1.54. The van der Waals surface area contributed by atoms with Crippen molar-refractivity contribution >= 4 is 11.8 Å². The molecule has 0 radical (unpaired) electrons. The highest BCUT2D eigenvalue weighted by molar-refractivity contribution is 8.02. The fourth-order valence-corrected chi connectivity index (χ4v) is 0.999. The number of rotatable bonds is 0. The zero-order valence-corrected chi connectivity index (χ0v) is 4.91. The maximum absolute atomic E-state index is 5.09. The summed E-state index contributed by atoms with van der Waals surface area (Å²) in [6.45, 7) is 1.70. The summed E-state index contributed by atoms with van der Waals surface area (Å²) in [7, 11) is 0. The van der Waals surface area contributed by atoms with Gasteiger partial charge in [-0.15, -0.1) is 11.8 Å². The van der Waals surface area contributed by atoms with Gasteiger partial charge in [0.15, 0.2) is 0 Å². The van der Waals surface area contributed by atoms with E-state index in [-0.39, 0.29) is 0 Å². The molecule has 0 saturated heterocycles. The summed E-state index contributed by atoms with van der Waals surface area (Å²) in [5.41, 5.74) is 0. The molecule has 1 aliphatic heterocycles. The summed E-state index contributed by atoms with van der Waals surface area (Å²) in [5.74, 6) is 1.11. The van der Waals surface area contributed by atoms with E-state index in [9.17, 15) is 0 Å². The lowest BCUT2D eigenvalue weighted by atomic mass is 10.7. The second-order valence-electron chi connectivity index (χ2n) is 1.32. The molecule has 0 atom stereocenters. The van der Waals surface area contributed by atoms with Gasteiger partial charge in [0, 0.05) is 5.75 Å².